The lowest BCUT2D eigenvalue weighted by Crippen LogP contribution is -2.29. The maximum absolute atomic E-state index is 12.1. The molecule has 5 atom stereocenters. The highest BCUT2D eigenvalue weighted by atomic mass is 31.3. The first kappa shape index (κ1) is 28.7. The maximum Gasteiger partial charge on any atom is 0.490 e. The number of nitrogens with zero attached hydrogens (tertiary/aromatic N) is 3. The van der Waals surface area contributed by atoms with Crippen molar-refractivity contribution in [3.05, 3.63) is 29.3 Å². The molecule has 3 unspecified atom stereocenters. The Morgan fingerprint density at radius 3 is 2.64 bits per heavy atom. The molecule has 202 valence electrons. The molecule has 3 heterocycles. The summed E-state index contributed by atoms with van der Waals surface area (Å²) in [7, 11) is -16.6. The summed E-state index contributed by atoms with van der Waals surface area (Å²) in [6.07, 6.45) is -0.0695. The molecule has 3 rings (SSSR count). The van der Waals surface area contributed by atoms with Crippen molar-refractivity contribution in [2.45, 2.75) is 24.9 Å². The maximum atomic E-state index is 12.1. The van der Waals surface area contributed by atoms with Crippen LogP contribution in [0.1, 0.15) is 12.6 Å². The first-order valence-electron chi connectivity index (χ1n) is 9.66. The van der Waals surface area contributed by atoms with Gasteiger partial charge in [-0.2, -0.15) is 13.6 Å². The highest BCUT2D eigenvalue weighted by molar-refractivity contribution is 7.66. The van der Waals surface area contributed by atoms with Gasteiger partial charge in [-0.25, -0.2) is 18.7 Å². The van der Waals surface area contributed by atoms with Crippen LogP contribution >= 0.6 is 23.5 Å². The number of ether oxygens (including phenoxy) is 3. The predicted molar refractivity (Wildman–Crippen MR) is 117 cm³/mol. The van der Waals surface area contributed by atoms with Gasteiger partial charge in [0.05, 0.1) is 25.6 Å². The summed E-state index contributed by atoms with van der Waals surface area (Å²) in [6, 6.07) is 0. The minimum absolute atomic E-state index is 0.0312. The van der Waals surface area contributed by atoms with Gasteiger partial charge in [-0.05, 0) is 0 Å². The van der Waals surface area contributed by atoms with Crippen molar-refractivity contribution >= 4 is 40.6 Å². The third-order valence-corrected chi connectivity index (χ3v) is 8.16. The van der Waals surface area contributed by atoms with Crippen LogP contribution in [0.2, 0.25) is 0 Å². The zero-order chi connectivity index (χ0) is 26.7. The summed E-state index contributed by atoms with van der Waals surface area (Å²) >= 11 is 0. The van der Waals surface area contributed by atoms with E-state index in [1.807, 2.05) is 0 Å². The molecule has 1 fully saturated rings. The Kier molecular flexibility index (Phi) is 9.01. The smallest absolute Gasteiger partial charge is 0.369 e. The third kappa shape index (κ3) is 7.84. The van der Waals surface area contributed by atoms with Crippen LogP contribution in [-0.4, -0.2) is 71.3 Å². The van der Waals surface area contributed by atoms with E-state index in [1.165, 1.54) is 17.0 Å². The lowest BCUT2D eigenvalue weighted by Gasteiger charge is -2.21. The molecule has 1 saturated heterocycles. The van der Waals surface area contributed by atoms with Crippen LogP contribution in [0.15, 0.2) is 23.8 Å². The number of aromatic amines is 1. The van der Waals surface area contributed by atoms with Gasteiger partial charge >= 0.3 is 23.5 Å². The van der Waals surface area contributed by atoms with Gasteiger partial charge in [0.2, 0.25) is 5.95 Å². The normalized spacial score (nSPS) is 23.9. The Labute approximate surface area is 201 Å². The molecule has 0 bridgehead atoms. The van der Waals surface area contributed by atoms with Crippen molar-refractivity contribution in [3.63, 3.8) is 0 Å². The third-order valence-electron chi connectivity index (χ3n) is 4.36. The number of nitrogens with two attached hydrogens (primary N) is 1. The van der Waals surface area contributed by atoms with E-state index in [4.69, 9.17) is 29.7 Å². The van der Waals surface area contributed by atoms with Gasteiger partial charge in [-0.3, -0.25) is 18.9 Å². The summed E-state index contributed by atoms with van der Waals surface area (Å²) < 4.78 is 64.3. The summed E-state index contributed by atoms with van der Waals surface area (Å²) in [5, 5.41) is 0. The molecular formula is C14H22N5O14P3. The number of rotatable bonds is 13. The number of imidazole rings is 1. The Morgan fingerprint density at radius 1 is 1.25 bits per heavy atom. The van der Waals surface area contributed by atoms with Crippen LogP contribution in [0.25, 0.3) is 11.2 Å². The molecule has 36 heavy (non-hydrogen) atoms. The Balaban J connectivity index is 1.75. The standard InChI is InChI=1S/C14H22N5O14P3/c1-2-3-28-7-29-8-4-10(19-6-16-11-12(19)17-14(15)18-13(11)20)31-9(8)5-30-35(24,25)33-36(26,27)32-34(21,22)23/h2,6,8-10H,1,3-5,7H2,(H,24,25)(H,26,27)(H2,21,22,23)(H3,15,17,18,20)/t8-,9?,10-/m1/s1. The molecule has 1 aliphatic rings. The molecule has 1 aliphatic heterocycles. The molecule has 19 nitrogen and oxygen atoms in total. The molecule has 0 aromatic carbocycles. The van der Waals surface area contributed by atoms with Gasteiger partial charge in [0.1, 0.15) is 19.1 Å². The quantitative estimate of drug-likeness (QED) is 0.0783. The van der Waals surface area contributed by atoms with Gasteiger partial charge in [-0.15, -0.1) is 6.58 Å². The second kappa shape index (κ2) is 11.3. The predicted octanol–water partition coefficient (Wildman–Crippen LogP) is -0.122. The van der Waals surface area contributed by atoms with Crippen LogP contribution in [0, 0.1) is 0 Å². The van der Waals surface area contributed by atoms with E-state index < -0.39 is 54.1 Å². The minimum atomic E-state index is -5.69. The number of nitrogen functional groups attached to an aromatic ring is 1. The van der Waals surface area contributed by atoms with Crippen molar-refractivity contribution < 1.29 is 60.6 Å². The number of anilines is 1. The Bertz CT molecular complexity index is 1290. The average molecular weight is 577 g/mol. The molecule has 2 aromatic heterocycles. The van der Waals surface area contributed by atoms with E-state index >= 15 is 0 Å². The van der Waals surface area contributed by atoms with Crippen LogP contribution in [-0.2, 0) is 41.1 Å². The molecule has 0 amide bonds. The van der Waals surface area contributed by atoms with Gasteiger partial charge < -0.3 is 39.5 Å². The van der Waals surface area contributed by atoms with Crippen molar-refractivity contribution in [2.24, 2.45) is 0 Å². The van der Waals surface area contributed by atoms with Crippen LogP contribution < -0.4 is 11.3 Å². The van der Waals surface area contributed by atoms with Crippen LogP contribution in [0.3, 0.4) is 0 Å². The van der Waals surface area contributed by atoms with Crippen molar-refractivity contribution in [2.75, 3.05) is 25.7 Å². The lowest BCUT2D eigenvalue weighted by atomic mass is 10.2. The monoisotopic (exact) mass is 577 g/mol. The van der Waals surface area contributed by atoms with Crippen molar-refractivity contribution in [3.8, 4) is 0 Å². The van der Waals surface area contributed by atoms with E-state index in [9.17, 15) is 28.3 Å². The largest absolute Gasteiger partial charge is 0.490 e. The van der Waals surface area contributed by atoms with Crippen molar-refractivity contribution in [1.29, 1.82) is 0 Å². The van der Waals surface area contributed by atoms with E-state index in [-0.39, 0.29) is 36.9 Å². The first-order valence-corrected chi connectivity index (χ1v) is 14.2. The summed E-state index contributed by atoms with van der Waals surface area (Å²) in [6.45, 7) is 2.63. The van der Waals surface area contributed by atoms with Crippen molar-refractivity contribution in [1.82, 2.24) is 19.5 Å². The molecule has 22 heteroatoms. The average Bonchev–Trinajstić information content (AvgIpc) is 3.31. The highest BCUT2D eigenvalue weighted by Gasteiger charge is 2.43. The van der Waals surface area contributed by atoms with Crippen LogP contribution in [0.4, 0.5) is 5.95 Å². The van der Waals surface area contributed by atoms with E-state index in [2.05, 4.69) is 34.7 Å². The van der Waals surface area contributed by atoms with Gasteiger partial charge in [-0.1, -0.05) is 6.08 Å². The molecule has 7 N–H and O–H groups in total. The molecule has 2 aromatic rings. The van der Waals surface area contributed by atoms with E-state index in [0.29, 0.717) is 0 Å². The van der Waals surface area contributed by atoms with E-state index in [1.54, 1.807) is 0 Å². The Morgan fingerprint density at radius 2 is 1.97 bits per heavy atom. The summed E-state index contributed by atoms with van der Waals surface area (Å²) in [4.78, 5) is 58.5. The fraction of sp³-hybridized carbons (Fsp3) is 0.500. The fourth-order valence-electron chi connectivity index (χ4n) is 3.09. The number of hydrogen-bond acceptors (Lipinski definition) is 13. The second-order valence-corrected chi connectivity index (χ2v) is 11.4. The molecule has 0 spiro atoms. The van der Waals surface area contributed by atoms with E-state index in [0.717, 1.165) is 0 Å². The second-order valence-electron chi connectivity index (χ2n) is 7.01. The Hall–Kier alpha value is -1.82. The molecule has 0 saturated carbocycles. The summed E-state index contributed by atoms with van der Waals surface area (Å²) in [5.74, 6) is -0.179. The zero-order valence-electron chi connectivity index (χ0n) is 18.1. The molecular weight excluding hydrogens is 555 g/mol. The van der Waals surface area contributed by atoms with Gasteiger partial charge in [0.15, 0.2) is 11.2 Å². The zero-order valence-corrected chi connectivity index (χ0v) is 20.7. The number of aromatic nitrogens is 4. The summed E-state index contributed by atoms with van der Waals surface area (Å²) in [5.41, 5.74) is 5.05. The number of nitrogens with one attached hydrogen (secondary N) is 1. The number of phosphoric acid groups is 3. The fourth-order valence-corrected chi connectivity index (χ4v) is 6.12. The minimum Gasteiger partial charge on any atom is -0.369 e. The molecule has 0 aliphatic carbocycles. The number of phosphoric ester groups is 1. The van der Waals surface area contributed by atoms with Crippen LogP contribution in [0.5, 0.6) is 0 Å². The SMILES string of the molecule is C=CCOCO[C@@H]1C[C@H](n2cnc3c(=O)[nH]c(N)nc32)OC1COP(=O)(O)OP(=O)(O)OP(=O)(O)O. The van der Waals surface area contributed by atoms with Gasteiger partial charge in [0.25, 0.3) is 5.56 Å². The molecule has 0 radical (unpaired) electrons. The number of hydrogen-bond donors (Lipinski definition) is 6. The number of fused-ring (bicyclic) bond motifs is 1. The first-order chi connectivity index (χ1) is 16.7. The lowest BCUT2D eigenvalue weighted by molar-refractivity contribution is -0.112. The number of H-pyrrole nitrogens is 1. The van der Waals surface area contributed by atoms with Gasteiger partial charge in [0, 0.05) is 6.42 Å². The topological polar surface area (TPSA) is 277 Å². The highest BCUT2D eigenvalue weighted by Crippen LogP contribution is 2.66.